The molecule has 94 valence electrons. The van der Waals surface area contributed by atoms with Gasteiger partial charge in [0.05, 0.1) is 13.0 Å². The Bertz CT molecular complexity index is 411. The van der Waals surface area contributed by atoms with Crippen LogP contribution in [0.1, 0.15) is 20.3 Å². The number of ether oxygens (including phenoxy) is 1. The van der Waals surface area contributed by atoms with Gasteiger partial charge >= 0.3 is 5.97 Å². The molecule has 2 saturated carbocycles. The summed E-state index contributed by atoms with van der Waals surface area (Å²) in [7, 11) is 1.44. The van der Waals surface area contributed by atoms with Gasteiger partial charge < -0.3 is 4.74 Å². The van der Waals surface area contributed by atoms with Crippen LogP contribution in [0, 0.1) is 28.6 Å². The third-order valence-electron chi connectivity index (χ3n) is 5.38. The van der Waals surface area contributed by atoms with Crippen molar-refractivity contribution in [2.45, 2.75) is 24.6 Å². The van der Waals surface area contributed by atoms with E-state index in [-0.39, 0.29) is 28.6 Å². The maximum Gasteiger partial charge on any atom is 0.309 e. The van der Waals surface area contributed by atoms with E-state index in [0.717, 1.165) is 6.42 Å². The predicted octanol–water partition coefficient (Wildman–Crippen LogP) is 3.18. The maximum atomic E-state index is 11.8. The van der Waals surface area contributed by atoms with Gasteiger partial charge in [0.15, 0.2) is 0 Å². The summed E-state index contributed by atoms with van der Waals surface area (Å²) in [5, 5.41) is 0. The van der Waals surface area contributed by atoms with E-state index in [4.69, 9.17) is 27.9 Å². The van der Waals surface area contributed by atoms with Crippen molar-refractivity contribution in [3.05, 3.63) is 12.2 Å². The molecule has 0 saturated heterocycles. The second kappa shape index (κ2) is 3.03. The zero-order valence-corrected chi connectivity index (χ0v) is 11.7. The Morgan fingerprint density at radius 2 is 1.94 bits per heavy atom. The lowest BCUT2D eigenvalue weighted by Crippen LogP contribution is -2.25. The fourth-order valence-corrected chi connectivity index (χ4v) is 5.71. The molecule has 17 heavy (non-hydrogen) atoms. The molecule has 2 nitrogen and oxygen atoms in total. The molecule has 3 aliphatic carbocycles. The largest absolute Gasteiger partial charge is 0.469 e. The van der Waals surface area contributed by atoms with Crippen molar-refractivity contribution < 1.29 is 9.53 Å². The minimum Gasteiger partial charge on any atom is -0.469 e. The van der Waals surface area contributed by atoms with Gasteiger partial charge in [-0.15, -0.1) is 23.2 Å². The third-order valence-corrected chi connectivity index (χ3v) is 6.95. The van der Waals surface area contributed by atoms with Crippen LogP contribution in [0.4, 0.5) is 0 Å². The van der Waals surface area contributed by atoms with Crippen LogP contribution in [-0.2, 0) is 9.53 Å². The number of rotatable bonds is 1. The Kier molecular flexibility index (Phi) is 2.11. The zero-order chi connectivity index (χ0) is 12.6. The maximum absolute atomic E-state index is 11.8. The topological polar surface area (TPSA) is 26.3 Å². The van der Waals surface area contributed by atoms with E-state index in [1.807, 2.05) is 0 Å². The van der Waals surface area contributed by atoms with Gasteiger partial charge in [-0.3, -0.25) is 4.79 Å². The van der Waals surface area contributed by atoms with Gasteiger partial charge in [0.1, 0.15) is 4.33 Å². The summed E-state index contributed by atoms with van der Waals surface area (Å²) in [4.78, 5) is 11.8. The molecule has 2 fully saturated rings. The number of hydrogen-bond acceptors (Lipinski definition) is 2. The first kappa shape index (κ1) is 11.9. The predicted molar refractivity (Wildman–Crippen MR) is 66.9 cm³/mol. The first-order valence-corrected chi connectivity index (χ1v) is 6.72. The van der Waals surface area contributed by atoms with Crippen LogP contribution in [0.5, 0.6) is 0 Å². The highest BCUT2D eigenvalue weighted by atomic mass is 35.5. The van der Waals surface area contributed by atoms with Crippen LogP contribution in [0.15, 0.2) is 12.2 Å². The van der Waals surface area contributed by atoms with Crippen LogP contribution in [0.3, 0.4) is 0 Å². The molecule has 0 N–H and O–H groups in total. The van der Waals surface area contributed by atoms with Crippen molar-refractivity contribution in [1.82, 2.24) is 0 Å². The van der Waals surface area contributed by atoms with Crippen molar-refractivity contribution >= 4 is 29.2 Å². The molecule has 0 aliphatic heterocycles. The van der Waals surface area contributed by atoms with Gasteiger partial charge in [0.25, 0.3) is 0 Å². The van der Waals surface area contributed by atoms with Crippen molar-refractivity contribution in [3.8, 4) is 0 Å². The zero-order valence-electron chi connectivity index (χ0n) is 10.2. The number of esters is 1. The van der Waals surface area contributed by atoms with E-state index in [9.17, 15) is 4.79 Å². The van der Waals surface area contributed by atoms with E-state index in [1.165, 1.54) is 7.11 Å². The molecule has 0 aromatic rings. The number of hydrogen-bond donors (Lipinski definition) is 0. The highest BCUT2D eigenvalue weighted by Gasteiger charge is 2.89. The number of methoxy groups -OCH3 is 1. The van der Waals surface area contributed by atoms with Gasteiger partial charge in [-0.25, -0.2) is 0 Å². The normalized spacial score (nSPS) is 47.5. The number of alkyl halides is 2. The summed E-state index contributed by atoms with van der Waals surface area (Å²) in [5.41, 5.74) is -0.313. The fraction of sp³-hybridized carbons (Fsp3) is 0.769. The molecule has 0 radical (unpaired) electrons. The van der Waals surface area contributed by atoms with Gasteiger partial charge in [-0.1, -0.05) is 26.0 Å². The average molecular weight is 275 g/mol. The fourth-order valence-electron chi connectivity index (χ4n) is 4.49. The number of halogens is 2. The Labute approximate surface area is 111 Å². The Balaban J connectivity index is 2.01. The summed E-state index contributed by atoms with van der Waals surface area (Å²) in [6.07, 6.45) is 5.11. The highest BCUT2D eigenvalue weighted by Crippen LogP contribution is 2.88. The summed E-state index contributed by atoms with van der Waals surface area (Å²) in [6.45, 7) is 4.19. The first-order chi connectivity index (χ1) is 7.82. The third kappa shape index (κ3) is 0.965. The second-order valence-corrected chi connectivity index (χ2v) is 7.28. The van der Waals surface area contributed by atoms with Crippen molar-refractivity contribution in [2.75, 3.05) is 7.11 Å². The lowest BCUT2D eigenvalue weighted by Gasteiger charge is -2.21. The van der Waals surface area contributed by atoms with Crippen LogP contribution in [0.25, 0.3) is 0 Å². The first-order valence-electron chi connectivity index (χ1n) is 5.96. The Morgan fingerprint density at radius 1 is 1.35 bits per heavy atom. The SMILES string of the molecule is COC(=O)[C@H]1C[C@H]2C=C[C@@H]1[C@@]21C(C)(C)C1(Cl)Cl. The minimum atomic E-state index is -0.735. The van der Waals surface area contributed by atoms with E-state index in [0.29, 0.717) is 5.92 Å². The van der Waals surface area contributed by atoms with E-state index in [1.54, 1.807) is 0 Å². The molecule has 3 rings (SSSR count). The molecule has 0 aromatic carbocycles. The number of allylic oxidation sites excluding steroid dienone is 2. The average Bonchev–Trinajstić information content (AvgIpc) is 2.71. The van der Waals surface area contributed by atoms with Gasteiger partial charge in [0.2, 0.25) is 0 Å². The number of carbonyl (C=O) groups is 1. The molecular formula is C13H16Cl2O2. The van der Waals surface area contributed by atoms with Crippen LogP contribution in [0.2, 0.25) is 0 Å². The molecular weight excluding hydrogens is 259 g/mol. The van der Waals surface area contributed by atoms with E-state index < -0.39 is 4.33 Å². The van der Waals surface area contributed by atoms with E-state index in [2.05, 4.69) is 26.0 Å². The molecule has 1 spiro atoms. The molecule has 2 bridgehead atoms. The molecule has 4 atom stereocenters. The summed E-state index contributed by atoms with van der Waals surface area (Å²) >= 11 is 13.0. The highest BCUT2D eigenvalue weighted by molar-refractivity contribution is 6.52. The molecule has 0 amide bonds. The smallest absolute Gasteiger partial charge is 0.309 e. The van der Waals surface area contributed by atoms with Crippen molar-refractivity contribution in [1.29, 1.82) is 0 Å². The Morgan fingerprint density at radius 3 is 2.35 bits per heavy atom. The molecule has 3 aliphatic rings. The minimum absolute atomic E-state index is 0.0753. The Hall–Kier alpha value is -0.210. The summed E-state index contributed by atoms with van der Waals surface area (Å²) in [5.74, 6) is 0.230. The molecule has 0 aromatic heterocycles. The number of carbonyl (C=O) groups excluding carboxylic acids is 1. The lowest BCUT2D eigenvalue weighted by atomic mass is 9.83. The second-order valence-electron chi connectivity index (χ2n) is 5.95. The monoisotopic (exact) mass is 274 g/mol. The summed E-state index contributed by atoms with van der Waals surface area (Å²) in [6, 6.07) is 0. The lowest BCUT2D eigenvalue weighted by molar-refractivity contribution is -0.146. The molecule has 4 heteroatoms. The van der Waals surface area contributed by atoms with Crippen molar-refractivity contribution in [2.24, 2.45) is 28.6 Å². The quantitative estimate of drug-likeness (QED) is 0.417. The van der Waals surface area contributed by atoms with Gasteiger partial charge in [0, 0.05) is 10.8 Å². The van der Waals surface area contributed by atoms with E-state index >= 15 is 0 Å². The van der Waals surface area contributed by atoms with Gasteiger partial charge in [-0.2, -0.15) is 0 Å². The van der Waals surface area contributed by atoms with Crippen LogP contribution in [-0.4, -0.2) is 17.4 Å². The van der Waals surface area contributed by atoms with Crippen LogP contribution >= 0.6 is 23.2 Å². The van der Waals surface area contributed by atoms with Gasteiger partial charge in [-0.05, 0) is 18.3 Å². The standard InChI is InChI=1S/C13H16Cl2O2/c1-11(2)12(13(11,14)15)7-4-5-9(12)8(6-7)10(16)17-3/h4-5,7-9H,6H2,1-3H3/t7-,8+,9+,12-/m1/s1. The van der Waals surface area contributed by atoms with Crippen molar-refractivity contribution in [3.63, 3.8) is 0 Å². The molecule has 0 heterocycles. The van der Waals surface area contributed by atoms with Crippen LogP contribution < -0.4 is 0 Å². The molecule has 0 unspecified atom stereocenters. The summed E-state index contributed by atoms with van der Waals surface area (Å²) < 4.78 is 4.15.